The van der Waals surface area contributed by atoms with Gasteiger partial charge in [-0.05, 0) is 69.0 Å². The Balaban J connectivity index is 1.83. The molecule has 1 aliphatic rings. The molecule has 0 radical (unpaired) electrons. The number of amides is 1. The quantitative estimate of drug-likeness (QED) is 0.657. The van der Waals surface area contributed by atoms with Crippen molar-refractivity contribution in [1.82, 2.24) is 5.32 Å². The van der Waals surface area contributed by atoms with Crippen LogP contribution in [-0.2, 0) is 14.8 Å². The standard InChI is InChI=1S/C22H25ClN2O3S/c1-17-7-11-20(12-8-17)25(29(27,28)21-13-9-19(23)10-14-21)16-22(26)24-15-18-5-3-2-4-6-18/h5,7-14H,2-4,6,15-16H2,1H3,(H,24,26). The van der Waals surface area contributed by atoms with Crippen LogP contribution in [0.25, 0.3) is 0 Å². The molecule has 5 nitrogen and oxygen atoms in total. The fraction of sp³-hybridized carbons (Fsp3) is 0.318. The van der Waals surface area contributed by atoms with E-state index in [1.807, 2.05) is 19.1 Å². The highest BCUT2D eigenvalue weighted by molar-refractivity contribution is 7.92. The maximum atomic E-state index is 13.3. The molecule has 0 spiro atoms. The Morgan fingerprint density at radius 3 is 2.38 bits per heavy atom. The zero-order chi connectivity index (χ0) is 20.9. The lowest BCUT2D eigenvalue weighted by atomic mass is 10.00. The summed E-state index contributed by atoms with van der Waals surface area (Å²) in [6, 6.07) is 13.0. The number of carbonyl (C=O) groups is 1. The van der Waals surface area contributed by atoms with E-state index in [9.17, 15) is 13.2 Å². The first kappa shape index (κ1) is 21.4. The first-order valence-electron chi connectivity index (χ1n) is 9.66. The average molecular weight is 433 g/mol. The van der Waals surface area contributed by atoms with Gasteiger partial charge in [0.25, 0.3) is 10.0 Å². The molecule has 2 aromatic carbocycles. The SMILES string of the molecule is Cc1ccc(N(CC(=O)NCC2=CCCCC2)S(=O)(=O)c2ccc(Cl)cc2)cc1. The van der Waals surface area contributed by atoms with Gasteiger partial charge in [0, 0.05) is 11.6 Å². The molecule has 0 saturated carbocycles. The molecule has 1 amide bonds. The van der Waals surface area contributed by atoms with E-state index in [1.165, 1.54) is 36.3 Å². The third-order valence-corrected chi connectivity index (χ3v) is 6.95. The normalized spacial score (nSPS) is 14.2. The highest BCUT2D eigenvalue weighted by atomic mass is 35.5. The lowest BCUT2D eigenvalue weighted by molar-refractivity contribution is -0.119. The Bertz CT molecular complexity index is 984. The molecule has 3 rings (SSSR count). The van der Waals surface area contributed by atoms with Crippen molar-refractivity contribution >= 4 is 33.2 Å². The molecule has 0 fully saturated rings. The summed E-state index contributed by atoms with van der Waals surface area (Å²) in [6.07, 6.45) is 6.47. The number of carbonyl (C=O) groups excluding carboxylic acids is 1. The van der Waals surface area contributed by atoms with Gasteiger partial charge in [-0.1, -0.05) is 40.9 Å². The fourth-order valence-corrected chi connectivity index (χ4v) is 4.77. The van der Waals surface area contributed by atoms with Crippen molar-refractivity contribution in [3.63, 3.8) is 0 Å². The summed E-state index contributed by atoms with van der Waals surface area (Å²) < 4.78 is 27.7. The highest BCUT2D eigenvalue weighted by Gasteiger charge is 2.27. The summed E-state index contributed by atoms with van der Waals surface area (Å²) in [6.45, 7) is 2.09. The van der Waals surface area contributed by atoms with Gasteiger partial charge in [0.05, 0.1) is 10.6 Å². The summed E-state index contributed by atoms with van der Waals surface area (Å²) in [7, 11) is -3.92. The first-order chi connectivity index (χ1) is 13.9. The molecule has 1 N–H and O–H groups in total. The van der Waals surface area contributed by atoms with Crippen LogP contribution < -0.4 is 9.62 Å². The molecular formula is C22H25ClN2O3S. The molecule has 0 unspecified atom stereocenters. The molecule has 154 valence electrons. The Morgan fingerprint density at radius 1 is 1.07 bits per heavy atom. The van der Waals surface area contributed by atoms with Gasteiger partial charge in [-0.15, -0.1) is 0 Å². The number of anilines is 1. The van der Waals surface area contributed by atoms with Crippen LogP contribution in [0, 0.1) is 6.92 Å². The minimum atomic E-state index is -3.92. The van der Waals surface area contributed by atoms with Crippen molar-refractivity contribution in [3.05, 3.63) is 70.8 Å². The molecule has 0 heterocycles. The molecule has 0 aliphatic heterocycles. The van der Waals surface area contributed by atoms with E-state index < -0.39 is 10.0 Å². The maximum absolute atomic E-state index is 13.3. The van der Waals surface area contributed by atoms with Crippen molar-refractivity contribution in [3.8, 4) is 0 Å². The van der Waals surface area contributed by atoms with Gasteiger partial charge in [-0.2, -0.15) is 0 Å². The summed E-state index contributed by atoms with van der Waals surface area (Å²) in [5.74, 6) is -0.338. The largest absolute Gasteiger partial charge is 0.351 e. The van der Waals surface area contributed by atoms with Crippen molar-refractivity contribution < 1.29 is 13.2 Å². The van der Waals surface area contributed by atoms with Crippen molar-refractivity contribution in [1.29, 1.82) is 0 Å². The maximum Gasteiger partial charge on any atom is 0.264 e. The number of rotatable bonds is 7. The molecular weight excluding hydrogens is 408 g/mol. The summed E-state index contributed by atoms with van der Waals surface area (Å²) >= 11 is 5.90. The van der Waals surface area contributed by atoms with Crippen molar-refractivity contribution in [2.24, 2.45) is 0 Å². The van der Waals surface area contributed by atoms with Gasteiger partial charge < -0.3 is 5.32 Å². The molecule has 7 heteroatoms. The zero-order valence-electron chi connectivity index (χ0n) is 16.4. The summed E-state index contributed by atoms with van der Waals surface area (Å²) in [5.41, 5.74) is 2.65. The molecule has 0 atom stereocenters. The van der Waals surface area contributed by atoms with Gasteiger partial charge in [-0.3, -0.25) is 9.10 Å². The van der Waals surface area contributed by atoms with E-state index in [2.05, 4.69) is 11.4 Å². The number of benzene rings is 2. The third kappa shape index (κ3) is 5.61. The Morgan fingerprint density at radius 2 is 1.76 bits per heavy atom. The number of nitrogens with one attached hydrogen (secondary N) is 1. The lowest BCUT2D eigenvalue weighted by Crippen LogP contribution is -2.41. The van der Waals surface area contributed by atoms with Gasteiger partial charge >= 0.3 is 0 Å². The molecule has 1 aliphatic carbocycles. The van der Waals surface area contributed by atoms with E-state index in [-0.39, 0.29) is 17.3 Å². The number of nitrogens with zero attached hydrogens (tertiary/aromatic N) is 1. The van der Waals surface area contributed by atoms with E-state index >= 15 is 0 Å². The smallest absolute Gasteiger partial charge is 0.264 e. The number of hydrogen-bond acceptors (Lipinski definition) is 3. The van der Waals surface area contributed by atoms with Crippen molar-refractivity contribution in [2.45, 2.75) is 37.5 Å². The second-order valence-electron chi connectivity index (χ2n) is 7.19. The topological polar surface area (TPSA) is 66.5 Å². The highest BCUT2D eigenvalue weighted by Crippen LogP contribution is 2.25. The Hall–Kier alpha value is -2.31. The van der Waals surface area contributed by atoms with Gasteiger partial charge in [-0.25, -0.2) is 8.42 Å². The number of hydrogen-bond donors (Lipinski definition) is 1. The second kappa shape index (κ2) is 9.46. The van der Waals surface area contributed by atoms with E-state index in [0.29, 0.717) is 17.3 Å². The van der Waals surface area contributed by atoms with Gasteiger partial charge in [0.1, 0.15) is 6.54 Å². The van der Waals surface area contributed by atoms with E-state index in [4.69, 9.17) is 11.6 Å². The predicted molar refractivity (Wildman–Crippen MR) is 117 cm³/mol. The molecule has 29 heavy (non-hydrogen) atoms. The Kier molecular flexibility index (Phi) is 6.98. The zero-order valence-corrected chi connectivity index (χ0v) is 18.0. The average Bonchev–Trinajstić information content (AvgIpc) is 2.72. The molecule has 0 bridgehead atoms. The van der Waals surface area contributed by atoms with Crippen LogP contribution in [0.2, 0.25) is 5.02 Å². The first-order valence-corrected chi connectivity index (χ1v) is 11.5. The summed E-state index contributed by atoms with van der Waals surface area (Å²) in [5, 5.41) is 3.31. The van der Waals surface area contributed by atoms with E-state index in [0.717, 1.165) is 29.1 Å². The van der Waals surface area contributed by atoms with Crippen molar-refractivity contribution in [2.75, 3.05) is 17.4 Å². The number of halogens is 1. The molecule has 0 saturated heterocycles. The number of sulfonamides is 1. The van der Waals surface area contributed by atoms with Gasteiger partial charge in [0.2, 0.25) is 5.91 Å². The molecule has 2 aromatic rings. The Labute approximate surface area is 177 Å². The molecule has 0 aromatic heterocycles. The van der Waals surface area contributed by atoms with Crippen LogP contribution in [-0.4, -0.2) is 27.4 Å². The minimum Gasteiger partial charge on any atom is -0.351 e. The van der Waals surface area contributed by atoms with E-state index in [1.54, 1.807) is 12.1 Å². The number of allylic oxidation sites excluding steroid dienone is 1. The van der Waals surface area contributed by atoms with Crippen LogP contribution in [0.3, 0.4) is 0 Å². The minimum absolute atomic E-state index is 0.0882. The monoisotopic (exact) mass is 432 g/mol. The third-order valence-electron chi connectivity index (χ3n) is 4.91. The van der Waals surface area contributed by atoms with Crippen LogP contribution >= 0.6 is 11.6 Å². The number of aryl methyl sites for hydroxylation is 1. The van der Waals surface area contributed by atoms with Crippen LogP contribution in [0.4, 0.5) is 5.69 Å². The predicted octanol–water partition coefficient (Wildman–Crippen LogP) is 4.46. The van der Waals surface area contributed by atoms with Crippen LogP contribution in [0.1, 0.15) is 31.2 Å². The lowest BCUT2D eigenvalue weighted by Gasteiger charge is -2.24. The summed E-state index contributed by atoms with van der Waals surface area (Å²) in [4.78, 5) is 12.7. The fourth-order valence-electron chi connectivity index (χ4n) is 3.22. The second-order valence-corrected chi connectivity index (χ2v) is 9.48. The van der Waals surface area contributed by atoms with Crippen LogP contribution in [0.5, 0.6) is 0 Å². The van der Waals surface area contributed by atoms with Gasteiger partial charge in [0.15, 0.2) is 0 Å². The van der Waals surface area contributed by atoms with Crippen LogP contribution in [0.15, 0.2) is 65.1 Å².